The number of anilines is 1. The van der Waals surface area contributed by atoms with Crippen molar-refractivity contribution in [2.24, 2.45) is 0 Å². The van der Waals surface area contributed by atoms with E-state index in [2.05, 4.69) is 10.6 Å². The van der Waals surface area contributed by atoms with Gasteiger partial charge in [-0.15, -0.1) is 11.3 Å². The standard InChI is InChI=1S/C21H16N4O6S2/c1-3-30-20(27)17-11(2)13(10-22)19(33-17)24-21(32)23-18(26)16-9-8-15(31-16)12-6-4-5-7-14(12)25(28)29/h4-9H,3H2,1-2H3,(H2,23,24,26,32). The Hall–Kier alpha value is -4.08. The van der Waals surface area contributed by atoms with E-state index in [9.17, 15) is 25.0 Å². The maximum Gasteiger partial charge on any atom is 0.348 e. The molecule has 3 aromatic rings. The molecule has 0 radical (unpaired) electrons. The number of para-hydroxylation sites is 1. The number of esters is 1. The summed E-state index contributed by atoms with van der Waals surface area (Å²) in [6.45, 7) is 3.47. The van der Waals surface area contributed by atoms with Gasteiger partial charge in [-0.3, -0.25) is 20.2 Å². The highest BCUT2D eigenvalue weighted by Crippen LogP contribution is 2.33. The van der Waals surface area contributed by atoms with Crippen LogP contribution in [0.15, 0.2) is 40.8 Å². The summed E-state index contributed by atoms with van der Waals surface area (Å²) in [6, 6.07) is 10.8. The number of hydrogen-bond donors (Lipinski definition) is 2. The molecule has 2 aromatic heterocycles. The van der Waals surface area contributed by atoms with E-state index in [1.165, 1.54) is 30.3 Å². The van der Waals surface area contributed by atoms with E-state index >= 15 is 0 Å². The van der Waals surface area contributed by atoms with E-state index in [1.54, 1.807) is 19.9 Å². The van der Waals surface area contributed by atoms with Crippen LogP contribution in [-0.2, 0) is 4.74 Å². The number of nitrogens with zero attached hydrogens (tertiary/aromatic N) is 2. The van der Waals surface area contributed by atoms with Crippen LogP contribution in [0.3, 0.4) is 0 Å². The third-order valence-corrected chi connectivity index (χ3v) is 5.76. The zero-order valence-electron chi connectivity index (χ0n) is 17.3. The van der Waals surface area contributed by atoms with Crippen molar-refractivity contribution in [2.75, 3.05) is 11.9 Å². The highest BCUT2D eigenvalue weighted by Gasteiger charge is 2.23. The van der Waals surface area contributed by atoms with Gasteiger partial charge in [-0.2, -0.15) is 5.26 Å². The first-order chi connectivity index (χ1) is 15.8. The van der Waals surface area contributed by atoms with E-state index in [4.69, 9.17) is 21.4 Å². The predicted molar refractivity (Wildman–Crippen MR) is 124 cm³/mol. The number of benzene rings is 1. The van der Waals surface area contributed by atoms with Crippen LogP contribution >= 0.6 is 23.6 Å². The number of thiophene rings is 1. The summed E-state index contributed by atoms with van der Waals surface area (Å²) < 4.78 is 10.5. The average Bonchev–Trinajstić information content (AvgIpc) is 3.39. The second-order valence-electron chi connectivity index (χ2n) is 6.44. The van der Waals surface area contributed by atoms with E-state index in [0.29, 0.717) is 5.56 Å². The van der Waals surface area contributed by atoms with Crippen molar-refractivity contribution in [3.05, 3.63) is 68.3 Å². The highest BCUT2D eigenvalue weighted by molar-refractivity contribution is 7.80. The van der Waals surface area contributed by atoms with Crippen LogP contribution in [0.1, 0.15) is 38.3 Å². The molecule has 2 N–H and O–H groups in total. The van der Waals surface area contributed by atoms with Crippen molar-refractivity contribution in [1.29, 1.82) is 5.26 Å². The minimum absolute atomic E-state index is 0.123. The van der Waals surface area contributed by atoms with Crippen LogP contribution < -0.4 is 10.6 Å². The lowest BCUT2D eigenvalue weighted by atomic mass is 10.1. The fourth-order valence-electron chi connectivity index (χ4n) is 2.87. The van der Waals surface area contributed by atoms with Gasteiger partial charge in [0.15, 0.2) is 10.9 Å². The van der Waals surface area contributed by atoms with Crippen molar-refractivity contribution >= 4 is 51.2 Å². The molecule has 1 aromatic carbocycles. The average molecular weight is 485 g/mol. The van der Waals surface area contributed by atoms with Gasteiger partial charge >= 0.3 is 5.97 Å². The molecular weight excluding hydrogens is 468 g/mol. The van der Waals surface area contributed by atoms with E-state index in [1.807, 2.05) is 6.07 Å². The molecule has 3 rings (SSSR count). The van der Waals surface area contributed by atoms with Gasteiger partial charge in [-0.05, 0) is 49.8 Å². The number of carbonyl (C=O) groups is 2. The molecule has 0 aliphatic rings. The summed E-state index contributed by atoms with van der Waals surface area (Å²) >= 11 is 6.13. The summed E-state index contributed by atoms with van der Waals surface area (Å²) in [5, 5.41) is 26.0. The maximum absolute atomic E-state index is 12.5. The Labute approximate surface area is 196 Å². The lowest BCUT2D eigenvalue weighted by molar-refractivity contribution is -0.384. The van der Waals surface area contributed by atoms with Crippen molar-refractivity contribution in [3.8, 4) is 17.4 Å². The number of nitro groups is 1. The van der Waals surface area contributed by atoms with Gasteiger partial charge in [0, 0.05) is 6.07 Å². The fraction of sp³-hybridized carbons (Fsp3) is 0.143. The lowest BCUT2D eigenvalue weighted by Crippen LogP contribution is -2.33. The van der Waals surface area contributed by atoms with Crippen LogP contribution in [0.25, 0.3) is 11.3 Å². The Balaban J connectivity index is 1.75. The summed E-state index contributed by atoms with van der Waals surface area (Å²) in [5.41, 5.74) is 0.709. The number of hydrogen-bond acceptors (Lipinski definition) is 9. The van der Waals surface area contributed by atoms with Crippen molar-refractivity contribution < 1.29 is 23.7 Å². The molecule has 0 saturated carbocycles. The van der Waals surface area contributed by atoms with Gasteiger partial charge in [0.05, 0.1) is 22.7 Å². The number of nitriles is 1. The van der Waals surface area contributed by atoms with Crippen LogP contribution in [0, 0.1) is 28.4 Å². The maximum atomic E-state index is 12.5. The highest BCUT2D eigenvalue weighted by atomic mass is 32.1. The van der Waals surface area contributed by atoms with E-state index < -0.39 is 16.8 Å². The molecule has 1 amide bonds. The zero-order valence-corrected chi connectivity index (χ0v) is 19.0. The van der Waals surface area contributed by atoms with Gasteiger partial charge in [-0.25, -0.2) is 4.79 Å². The Kier molecular flexibility index (Phi) is 7.17. The topological polar surface area (TPSA) is 148 Å². The molecule has 2 heterocycles. The molecule has 0 saturated heterocycles. The molecular formula is C21H16N4O6S2. The van der Waals surface area contributed by atoms with Crippen LogP contribution in [0.2, 0.25) is 0 Å². The summed E-state index contributed by atoms with van der Waals surface area (Å²) in [6.07, 6.45) is 0. The van der Waals surface area contributed by atoms with Gasteiger partial charge in [-0.1, -0.05) is 12.1 Å². The Morgan fingerprint density at radius 1 is 1.30 bits per heavy atom. The van der Waals surface area contributed by atoms with Gasteiger partial charge in [0.2, 0.25) is 0 Å². The van der Waals surface area contributed by atoms with Gasteiger partial charge in [0.1, 0.15) is 21.7 Å². The molecule has 0 aliphatic heterocycles. The number of amides is 1. The molecule has 0 aliphatic carbocycles. The van der Waals surface area contributed by atoms with Gasteiger partial charge < -0.3 is 14.5 Å². The number of thiocarbonyl (C=S) groups is 1. The first-order valence-corrected chi connectivity index (χ1v) is 10.7. The summed E-state index contributed by atoms with van der Waals surface area (Å²) in [4.78, 5) is 35.5. The van der Waals surface area contributed by atoms with E-state index in [0.717, 1.165) is 11.3 Å². The fourth-order valence-corrected chi connectivity index (χ4v) is 4.19. The predicted octanol–water partition coefficient (Wildman–Crippen LogP) is 4.40. The molecule has 0 spiro atoms. The van der Waals surface area contributed by atoms with Crippen LogP contribution in [0.5, 0.6) is 0 Å². The zero-order chi connectivity index (χ0) is 24.1. The summed E-state index contributed by atoms with van der Waals surface area (Å²) in [5.74, 6) is -1.24. The molecule has 168 valence electrons. The quantitative estimate of drug-likeness (QED) is 0.225. The normalized spacial score (nSPS) is 10.2. The molecule has 10 nitrogen and oxygen atoms in total. The molecule has 0 fully saturated rings. The Bertz CT molecular complexity index is 1300. The minimum atomic E-state index is -0.699. The first kappa shape index (κ1) is 23.6. The van der Waals surface area contributed by atoms with Crippen molar-refractivity contribution in [1.82, 2.24) is 5.32 Å². The largest absolute Gasteiger partial charge is 0.462 e. The second kappa shape index (κ2) is 10.0. The van der Waals surface area contributed by atoms with Crippen LogP contribution in [-0.4, -0.2) is 28.5 Å². The minimum Gasteiger partial charge on any atom is -0.462 e. The number of rotatable bonds is 6. The smallest absolute Gasteiger partial charge is 0.348 e. The number of nitrogens with one attached hydrogen (secondary N) is 2. The second-order valence-corrected chi connectivity index (χ2v) is 7.87. The van der Waals surface area contributed by atoms with E-state index in [-0.39, 0.29) is 49.9 Å². The summed E-state index contributed by atoms with van der Waals surface area (Å²) in [7, 11) is 0. The third kappa shape index (κ3) is 5.05. The van der Waals surface area contributed by atoms with Crippen molar-refractivity contribution in [2.45, 2.75) is 13.8 Å². The molecule has 0 bridgehead atoms. The molecule has 12 heteroatoms. The van der Waals surface area contributed by atoms with Gasteiger partial charge in [0.25, 0.3) is 11.6 Å². The third-order valence-electron chi connectivity index (χ3n) is 4.37. The number of furan rings is 1. The van der Waals surface area contributed by atoms with Crippen LogP contribution in [0.4, 0.5) is 10.7 Å². The number of carbonyl (C=O) groups excluding carboxylic acids is 2. The Morgan fingerprint density at radius 3 is 2.70 bits per heavy atom. The van der Waals surface area contributed by atoms with Crippen molar-refractivity contribution in [3.63, 3.8) is 0 Å². The molecule has 0 atom stereocenters. The SMILES string of the molecule is CCOC(=O)c1sc(NC(=S)NC(=O)c2ccc(-c3ccccc3[N+](=O)[O-])o2)c(C#N)c1C. The first-order valence-electron chi connectivity index (χ1n) is 9.43. The molecule has 0 unspecified atom stereocenters. The number of ether oxygens (including phenoxy) is 1. The Morgan fingerprint density at radius 2 is 2.03 bits per heavy atom. The number of nitro benzene ring substituents is 1. The monoisotopic (exact) mass is 484 g/mol. The lowest BCUT2D eigenvalue weighted by Gasteiger charge is -2.07. The molecule has 33 heavy (non-hydrogen) atoms.